The van der Waals surface area contributed by atoms with E-state index in [-0.39, 0.29) is 0 Å². The van der Waals surface area contributed by atoms with Crippen LogP contribution in [0.15, 0.2) is 36.9 Å². The van der Waals surface area contributed by atoms with Crippen molar-refractivity contribution >= 4 is 5.52 Å². The fourth-order valence-electron chi connectivity index (χ4n) is 4.53. The third-order valence-electron chi connectivity index (χ3n) is 5.67. The lowest BCUT2D eigenvalue weighted by atomic mass is 9.93. The highest BCUT2D eigenvalue weighted by Gasteiger charge is 2.38. The molecule has 2 atom stereocenters. The molecule has 23 heavy (non-hydrogen) atoms. The molecule has 3 aromatic heterocycles. The molecule has 5 heteroatoms. The smallest absolute Gasteiger partial charge is 0.0696 e. The molecule has 1 aliphatic carbocycles. The van der Waals surface area contributed by atoms with Gasteiger partial charge >= 0.3 is 0 Å². The molecule has 2 aliphatic rings. The summed E-state index contributed by atoms with van der Waals surface area (Å²) in [5.41, 5.74) is 5.08. The third-order valence-corrected chi connectivity index (χ3v) is 5.67. The van der Waals surface area contributed by atoms with E-state index >= 15 is 0 Å². The molecule has 1 saturated heterocycles. The summed E-state index contributed by atoms with van der Waals surface area (Å²) < 4.78 is 3.89. The van der Waals surface area contributed by atoms with Crippen LogP contribution in [0.4, 0.5) is 0 Å². The lowest BCUT2D eigenvalue weighted by Gasteiger charge is -2.15. The van der Waals surface area contributed by atoms with Crippen LogP contribution in [0, 0.1) is 11.8 Å². The summed E-state index contributed by atoms with van der Waals surface area (Å²) in [6, 6.07) is 4.52. The zero-order chi connectivity index (χ0) is 15.4. The van der Waals surface area contributed by atoms with E-state index in [0.29, 0.717) is 5.92 Å². The zero-order valence-electron chi connectivity index (χ0n) is 13.3. The number of nitrogens with one attached hydrogen (secondary N) is 1. The van der Waals surface area contributed by atoms with Crippen LogP contribution >= 0.6 is 0 Å². The maximum Gasteiger partial charge on any atom is 0.0696 e. The molecule has 118 valence electrons. The summed E-state index contributed by atoms with van der Waals surface area (Å²) in [4.78, 5) is 0. The van der Waals surface area contributed by atoms with Gasteiger partial charge in [-0.15, -0.1) is 0 Å². The van der Waals surface area contributed by atoms with Crippen LogP contribution in [0.5, 0.6) is 0 Å². The molecule has 4 heterocycles. The SMILES string of the molecule is Cn1cc(-c2cc(C3CC4CNCC4C3)c3ccnn3c2)cn1. The predicted molar refractivity (Wildman–Crippen MR) is 89.2 cm³/mol. The second-order valence-electron chi connectivity index (χ2n) is 7.09. The van der Waals surface area contributed by atoms with Crippen molar-refractivity contribution in [2.75, 3.05) is 13.1 Å². The largest absolute Gasteiger partial charge is 0.316 e. The summed E-state index contributed by atoms with van der Waals surface area (Å²) >= 11 is 0. The monoisotopic (exact) mass is 307 g/mol. The van der Waals surface area contributed by atoms with Gasteiger partial charge in [0.15, 0.2) is 0 Å². The summed E-state index contributed by atoms with van der Waals surface area (Å²) in [6.45, 7) is 2.39. The van der Waals surface area contributed by atoms with E-state index in [9.17, 15) is 0 Å². The Kier molecular flexibility index (Phi) is 2.85. The van der Waals surface area contributed by atoms with Crippen molar-refractivity contribution in [3.8, 4) is 11.1 Å². The van der Waals surface area contributed by atoms with Gasteiger partial charge in [0.25, 0.3) is 0 Å². The first-order valence-electron chi connectivity index (χ1n) is 8.45. The van der Waals surface area contributed by atoms with Crippen LogP contribution in [0.3, 0.4) is 0 Å². The van der Waals surface area contributed by atoms with Crippen LogP contribution in [0.1, 0.15) is 24.3 Å². The molecule has 1 saturated carbocycles. The molecule has 0 radical (unpaired) electrons. The normalized spacial score (nSPS) is 26.9. The number of aromatic nitrogens is 4. The van der Waals surface area contributed by atoms with E-state index in [1.165, 1.54) is 42.6 Å². The highest BCUT2D eigenvalue weighted by molar-refractivity contribution is 5.68. The van der Waals surface area contributed by atoms with E-state index in [1.54, 1.807) is 0 Å². The quantitative estimate of drug-likeness (QED) is 0.791. The molecule has 5 rings (SSSR count). The van der Waals surface area contributed by atoms with E-state index in [0.717, 1.165) is 17.4 Å². The minimum atomic E-state index is 0.655. The average molecular weight is 307 g/mol. The molecule has 0 amide bonds. The highest BCUT2D eigenvalue weighted by atomic mass is 15.2. The summed E-state index contributed by atoms with van der Waals surface area (Å²) in [5.74, 6) is 2.36. The number of fused-ring (bicyclic) bond motifs is 2. The molecule has 5 nitrogen and oxygen atoms in total. The molecular formula is C18H21N5. The lowest BCUT2D eigenvalue weighted by molar-refractivity contribution is 0.494. The van der Waals surface area contributed by atoms with Gasteiger partial charge in [-0.25, -0.2) is 4.52 Å². The lowest BCUT2D eigenvalue weighted by Crippen LogP contribution is -2.11. The predicted octanol–water partition coefficient (Wildman–Crippen LogP) is 2.45. The van der Waals surface area contributed by atoms with Crippen molar-refractivity contribution in [2.24, 2.45) is 18.9 Å². The van der Waals surface area contributed by atoms with Gasteiger partial charge in [0.05, 0.1) is 11.7 Å². The van der Waals surface area contributed by atoms with Gasteiger partial charge in [-0.1, -0.05) is 0 Å². The van der Waals surface area contributed by atoms with E-state index < -0.39 is 0 Å². The number of aryl methyl sites for hydroxylation is 1. The highest BCUT2D eigenvalue weighted by Crippen LogP contribution is 2.45. The average Bonchev–Trinajstić information content (AvgIpc) is 3.29. The fraction of sp³-hybridized carbons (Fsp3) is 0.444. The molecule has 1 aliphatic heterocycles. The minimum absolute atomic E-state index is 0.655. The van der Waals surface area contributed by atoms with Gasteiger partial charge in [0, 0.05) is 36.8 Å². The molecule has 2 unspecified atom stereocenters. The Hall–Kier alpha value is -2.14. The van der Waals surface area contributed by atoms with Crippen LogP contribution in [0.2, 0.25) is 0 Å². The molecule has 0 bridgehead atoms. The standard InChI is InChI=1S/C18H21N5/c1-22-10-16(9-21-22)15-6-17(18-2-3-20-23(18)11-15)12-4-13-7-19-8-14(13)5-12/h2-3,6,9-14,19H,4-5,7-8H2,1H3. The minimum Gasteiger partial charge on any atom is -0.316 e. The van der Waals surface area contributed by atoms with Crippen molar-refractivity contribution in [2.45, 2.75) is 18.8 Å². The Bertz CT molecular complexity index is 849. The summed E-state index contributed by atoms with van der Waals surface area (Å²) in [5, 5.41) is 12.3. The van der Waals surface area contributed by atoms with Gasteiger partial charge in [-0.05, 0) is 61.4 Å². The van der Waals surface area contributed by atoms with Crippen LogP contribution in [0.25, 0.3) is 16.6 Å². The van der Waals surface area contributed by atoms with Crippen LogP contribution < -0.4 is 5.32 Å². The molecule has 1 N–H and O–H groups in total. The number of nitrogens with zero attached hydrogens (tertiary/aromatic N) is 4. The summed E-state index contributed by atoms with van der Waals surface area (Å²) in [7, 11) is 1.96. The van der Waals surface area contributed by atoms with E-state index in [2.05, 4.69) is 40.0 Å². The van der Waals surface area contributed by atoms with Gasteiger partial charge in [0.1, 0.15) is 0 Å². The second-order valence-corrected chi connectivity index (χ2v) is 7.09. The second kappa shape index (κ2) is 4.93. The van der Waals surface area contributed by atoms with Gasteiger partial charge in [-0.3, -0.25) is 4.68 Å². The Morgan fingerprint density at radius 1 is 1.09 bits per heavy atom. The van der Waals surface area contributed by atoms with E-state index in [1.807, 2.05) is 28.6 Å². The van der Waals surface area contributed by atoms with Crippen molar-refractivity contribution in [3.63, 3.8) is 0 Å². The third kappa shape index (κ3) is 2.10. The number of pyridine rings is 1. The zero-order valence-corrected chi connectivity index (χ0v) is 13.3. The molecular weight excluding hydrogens is 286 g/mol. The maximum absolute atomic E-state index is 4.49. The Morgan fingerprint density at radius 3 is 2.65 bits per heavy atom. The van der Waals surface area contributed by atoms with Crippen LogP contribution in [-0.2, 0) is 7.05 Å². The van der Waals surface area contributed by atoms with Crippen molar-refractivity contribution in [1.82, 2.24) is 24.7 Å². The molecule has 2 fully saturated rings. The van der Waals surface area contributed by atoms with Crippen LogP contribution in [-0.4, -0.2) is 32.5 Å². The van der Waals surface area contributed by atoms with E-state index in [4.69, 9.17) is 0 Å². The van der Waals surface area contributed by atoms with Gasteiger partial charge < -0.3 is 5.32 Å². The topological polar surface area (TPSA) is 47.2 Å². The maximum atomic E-state index is 4.49. The van der Waals surface area contributed by atoms with Gasteiger partial charge in [0.2, 0.25) is 0 Å². The number of rotatable bonds is 2. The first kappa shape index (κ1) is 13.3. The molecule has 0 spiro atoms. The number of hydrogen-bond donors (Lipinski definition) is 1. The van der Waals surface area contributed by atoms with Gasteiger partial charge in [-0.2, -0.15) is 10.2 Å². The first-order chi connectivity index (χ1) is 11.3. The Balaban J connectivity index is 1.61. The Morgan fingerprint density at radius 2 is 1.91 bits per heavy atom. The number of hydrogen-bond acceptors (Lipinski definition) is 3. The Labute approximate surface area is 135 Å². The fourth-order valence-corrected chi connectivity index (χ4v) is 4.53. The van der Waals surface area contributed by atoms with Crippen molar-refractivity contribution in [3.05, 3.63) is 42.5 Å². The molecule has 0 aromatic carbocycles. The molecule has 3 aromatic rings. The first-order valence-corrected chi connectivity index (χ1v) is 8.45. The summed E-state index contributed by atoms with van der Waals surface area (Å²) in [6.07, 6.45) is 10.6. The van der Waals surface area contributed by atoms with Crippen molar-refractivity contribution in [1.29, 1.82) is 0 Å². The van der Waals surface area contributed by atoms with Crippen molar-refractivity contribution < 1.29 is 0 Å².